The van der Waals surface area contributed by atoms with E-state index in [1.165, 1.54) is 22.3 Å². The van der Waals surface area contributed by atoms with Crippen molar-refractivity contribution >= 4 is 0 Å². The normalized spacial score (nSPS) is 13.7. The molecule has 0 aliphatic heterocycles. The van der Waals surface area contributed by atoms with E-state index < -0.39 is 0 Å². The van der Waals surface area contributed by atoms with Gasteiger partial charge in [0.2, 0.25) is 0 Å². The lowest BCUT2D eigenvalue weighted by Gasteiger charge is -2.23. The second-order valence-electron chi connectivity index (χ2n) is 4.14. The Hall–Kier alpha value is -2.07. The molecule has 2 aromatic rings. The van der Waals surface area contributed by atoms with E-state index in [0.717, 1.165) is 6.42 Å². The lowest BCUT2D eigenvalue weighted by Crippen LogP contribution is -2.11. The van der Waals surface area contributed by atoms with E-state index in [-0.39, 0.29) is 5.92 Å². The van der Waals surface area contributed by atoms with Crippen molar-refractivity contribution in [1.82, 2.24) is 0 Å². The van der Waals surface area contributed by atoms with Gasteiger partial charge in [-0.15, -0.1) is 0 Å². The summed E-state index contributed by atoms with van der Waals surface area (Å²) in [4.78, 5) is 0. The van der Waals surface area contributed by atoms with Crippen molar-refractivity contribution in [2.24, 2.45) is 0 Å². The molecule has 0 aromatic heterocycles. The van der Waals surface area contributed by atoms with E-state index in [2.05, 4.69) is 30.3 Å². The Morgan fingerprint density at radius 2 is 1.38 bits per heavy atom. The van der Waals surface area contributed by atoms with Crippen LogP contribution in [0, 0.1) is 11.3 Å². The van der Waals surface area contributed by atoms with Crippen LogP contribution in [-0.4, -0.2) is 0 Å². The Balaban J connectivity index is 2.24. The number of hydrogen-bond donors (Lipinski definition) is 0. The first kappa shape index (κ1) is 9.18. The van der Waals surface area contributed by atoms with Crippen molar-refractivity contribution in [3.8, 4) is 6.07 Å². The summed E-state index contributed by atoms with van der Waals surface area (Å²) in [5.41, 5.74) is 4.91. The Morgan fingerprint density at radius 1 is 0.875 bits per heavy atom. The van der Waals surface area contributed by atoms with Crippen LogP contribution in [0.2, 0.25) is 0 Å². The Labute approximate surface area is 95.0 Å². The van der Waals surface area contributed by atoms with Gasteiger partial charge in [0.25, 0.3) is 0 Å². The predicted octanol–water partition coefficient (Wildman–Crippen LogP) is 3.25. The van der Waals surface area contributed by atoms with Crippen LogP contribution in [-0.2, 0) is 6.42 Å². The average Bonchev–Trinajstić information content (AvgIpc) is 2.36. The maximum atomic E-state index is 9.33. The molecule has 0 unspecified atom stereocenters. The van der Waals surface area contributed by atoms with Crippen LogP contribution in [0.25, 0.3) is 0 Å². The zero-order chi connectivity index (χ0) is 11.0. The van der Waals surface area contributed by atoms with Crippen LogP contribution < -0.4 is 0 Å². The molecule has 3 rings (SSSR count). The van der Waals surface area contributed by atoms with Gasteiger partial charge in [-0.3, -0.25) is 0 Å². The number of hydrogen-bond acceptors (Lipinski definition) is 1. The van der Waals surface area contributed by atoms with Crippen molar-refractivity contribution in [2.45, 2.75) is 12.3 Å². The topological polar surface area (TPSA) is 23.8 Å². The van der Waals surface area contributed by atoms with Gasteiger partial charge < -0.3 is 0 Å². The minimum absolute atomic E-state index is 0.0962. The molecule has 0 fully saturated rings. The fraction of sp³-hybridized carbons (Fsp3) is 0.133. The average molecular weight is 205 g/mol. The number of nitriles is 1. The van der Waals surface area contributed by atoms with E-state index >= 15 is 0 Å². The molecule has 1 heteroatoms. The number of benzene rings is 2. The fourth-order valence-corrected chi connectivity index (χ4v) is 2.47. The third-order valence-corrected chi connectivity index (χ3v) is 3.24. The van der Waals surface area contributed by atoms with E-state index in [9.17, 15) is 5.26 Å². The molecule has 0 bridgehead atoms. The van der Waals surface area contributed by atoms with Crippen LogP contribution in [0.3, 0.4) is 0 Å². The highest BCUT2D eigenvalue weighted by Crippen LogP contribution is 2.35. The summed E-state index contributed by atoms with van der Waals surface area (Å²) in [5.74, 6) is -0.0962. The molecule has 76 valence electrons. The van der Waals surface area contributed by atoms with Crippen molar-refractivity contribution in [3.05, 3.63) is 70.8 Å². The van der Waals surface area contributed by atoms with Crippen molar-refractivity contribution in [1.29, 1.82) is 5.26 Å². The fourth-order valence-electron chi connectivity index (χ4n) is 2.47. The van der Waals surface area contributed by atoms with Gasteiger partial charge in [0, 0.05) is 0 Å². The van der Waals surface area contributed by atoms with Gasteiger partial charge in [-0.05, 0) is 28.7 Å². The smallest absolute Gasteiger partial charge is 0.0968 e. The van der Waals surface area contributed by atoms with Gasteiger partial charge in [-0.2, -0.15) is 5.26 Å². The van der Waals surface area contributed by atoms with Gasteiger partial charge in [0.05, 0.1) is 12.0 Å². The van der Waals surface area contributed by atoms with Crippen LogP contribution in [0.15, 0.2) is 48.5 Å². The lowest BCUT2D eigenvalue weighted by atomic mass is 9.79. The van der Waals surface area contributed by atoms with Crippen LogP contribution >= 0.6 is 0 Å². The molecule has 0 radical (unpaired) electrons. The maximum absolute atomic E-state index is 9.33. The monoisotopic (exact) mass is 205 g/mol. The molecule has 0 N–H and O–H groups in total. The molecular weight excluding hydrogens is 194 g/mol. The van der Waals surface area contributed by atoms with Gasteiger partial charge in [0.1, 0.15) is 0 Å². The van der Waals surface area contributed by atoms with E-state index in [1.807, 2.05) is 24.3 Å². The minimum atomic E-state index is -0.0962. The third kappa shape index (κ3) is 1.24. The highest BCUT2D eigenvalue weighted by molar-refractivity contribution is 5.52. The van der Waals surface area contributed by atoms with Crippen molar-refractivity contribution in [2.75, 3.05) is 0 Å². The highest BCUT2D eigenvalue weighted by atomic mass is 14.3. The summed E-state index contributed by atoms with van der Waals surface area (Å²) in [6.07, 6.45) is 0.949. The molecule has 0 saturated carbocycles. The molecule has 2 aromatic carbocycles. The van der Waals surface area contributed by atoms with E-state index in [0.29, 0.717) is 0 Å². The minimum Gasteiger partial charge on any atom is -0.197 e. The van der Waals surface area contributed by atoms with Crippen molar-refractivity contribution < 1.29 is 0 Å². The molecule has 0 saturated heterocycles. The summed E-state index contributed by atoms with van der Waals surface area (Å²) in [5, 5.41) is 9.33. The number of rotatable bonds is 0. The molecule has 0 spiro atoms. The highest BCUT2D eigenvalue weighted by Gasteiger charge is 2.24. The zero-order valence-corrected chi connectivity index (χ0v) is 8.85. The molecule has 16 heavy (non-hydrogen) atoms. The zero-order valence-electron chi connectivity index (χ0n) is 8.85. The molecule has 1 nitrogen and oxygen atoms in total. The Morgan fingerprint density at radius 3 is 1.88 bits per heavy atom. The predicted molar refractivity (Wildman–Crippen MR) is 63.1 cm³/mol. The summed E-state index contributed by atoms with van der Waals surface area (Å²) >= 11 is 0. The summed E-state index contributed by atoms with van der Waals surface area (Å²) in [6, 6.07) is 18.9. The lowest BCUT2D eigenvalue weighted by molar-refractivity contribution is 0.923. The first-order valence-corrected chi connectivity index (χ1v) is 5.45. The SMILES string of the molecule is N#CC1c2ccccc2Cc2ccccc21. The number of nitrogens with zero attached hydrogens (tertiary/aromatic N) is 1. The summed E-state index contributed by atoms with van der Waals surface area (Å²) in [6.45, 7) is 0. The van der Waals surface area contributed by atoms with E-state index in [1.54, 1.807) is 0 Å². The largest absolute Gasteiger partial charge is 0.197 e. The summed E-state index contributed by atoms with van der Waals surface area (Å²) < 4.78 is 0. The van der Waals surface area contributed by atoms with Gasteiger partial charge >= 0.3 is 0 Å². The second-order valence-corrected chi connectivity index (χ2v) is 4.14. The van der Waals surface area contributed by atoms with Gasteiger partial charge in [-0.1, -0.05) is 48.5 Å². The van der Waals surface area contributed by atoms with Gasteiger partial charge in [-0.25, -0.2) is 0 Å². The van der Waals surface area contributed by atoms with Crippen LogP contribution in [0.1, 0.15) is 28.2 Å². The number of fused-ring (bicyclic) bond motifs is 2. The molecular formula is C15H11N. The Kier molecular flexibility index (Phi) is 2.01. The molecule has 1 aliphatic carbocycles. The summed E-state index contributed by atoms with van der Waals surface area (Å²) in [7, 11) is 0. The van der Waals surface area contributed by atoms with E-state index in [4.69, 9.17) is 0 Å². The Bertz CT molecular complexity index is 532. The van der Waals surface area contributed by atoms with Gasteiger partial charge in [0.15, 0.2) is 0 Å². The molecule has 0 heterocycles. The first-order valence-electron chi connectivity index (χ1n) is 5.45. The molecule has 0 atom stereocenters. The quantitative estimate of drug-likeness (QED) is 0.647. The van der Waals surface area contributed by atoms with Crippen LogP contribution in [0.4, 0.5) is 0 Å². The third-order valence-electron chi connectivity index (χ3n) is 3.24. The maximum Gasteiger partial charge on any atom is 0.0968 e. The standard InChI is InChI=1S/C15H11N/c16-10-15-13-7-3-1-5-11(13)9-12-6-2-4-8-14(12)15/h1-8,15H,9H2. The molecule has 0 amide bonds. The van der Waals surface area contributed by atoms with Crippen molar-refractivity contribution in [3.63, 3.8) is 0 Å². The molecule has 1 aliphatic rings. The van der Waals surface area contributed by atoms with Crippen LogP contribution in [0.5, 0.6) is 0 Å². The first-order chi connectivity index (χ1) is 7.90. The second kappa shape index (κ2) is 3.50.